The van der Waals surface area contributed by atoms with E-state index in [0.29, 0.717) is 13.2 Å². The molecule has 1 aliphatic carbocycles. The molecule has 1 amide bonds. The summed E-state index contributed by atoms with van der Waals surface area (Å²) in [6, 6.07) is 13.0. The van der Waals surface area contributed by atoms with Gasteiger partial charge in [0.25, 0.3) is 0 Å². The Morgan fingerprint density at radius 3 is 2.73 bits per heavy atom. The molecule has 2 N–H and O–H groups in total. The second kappa shape index (κ2) is 8.27. The van der Waals surface area contributed by atoms with Crippen molar-refractivity contribution in [3.05, 3.63) is 59.5 Å². The monoisotopic (exact) mass is 503 g/mol. The van der Waals surface area contributed by atoms with Gasteiger partial charge >= 0.3 is 0 Å². The summed E-state index contributed by atoms with van der Waals surface area (Å²) in [6.45, 7) is 10.9. The molecule has 8 heteroatoms. The number of carbonyl (C=O) groups is 1. The predicted molar refractivity (Wildman–Crippen MR) is 142 cm³/mol. The lowest BCUT2D eigenvalue weighted by molar-refractivity contribution is -0.125. The lowest BCUT2D eigenvalue weighted by Gasteiger charge is -2.42. The first kappa shape index (κ1) is 24.4. The van der Waals surface area contributed by atoms with Crippen LogP contribution >= 0.6 is 0 Å². The van der Waals surface area contributed by atoms with E-state index in [9.17, 15) is 9.90 Å². The van der Waals surface area contributed by atoms with Crippen LogP contribution in [-0.2, 0) is 20.5 Å². The number of nitrogens with zero attached hydrogens (tertiary/aromatic N) is 4. The van der Waals surface area contributed by atoms with Crippen LogP contribution in [0.4, 0.5) is 5.69 Å². The van der Waals surface area contributed by atoms with Crippen LogP contribution in [0.15, 0.2) is 42.6 Å². The number of hydrogen-bond acceptors (Lipinski definition) is 6. The molecule has 3 aromatic rings. The van der Waals surface area contributed by atoms with Gasteiger partial charge in [0.2, 0.25) is 5.91 Å². The number of amides is 1. The molecule has 4 aliphatic rings. The molecule has 2 aromatic heterocycles. The number of benzene rings is 1. The fourth-order valence-electron chi connectivity index (χ4n) is 6.55. The zero-order valence-corrected chi connectivity index (χ0v) is 22.3. The molecule has 0 unspecified atom stereocenters. The summed E-state index contributed by atoms with van der Waals surface area (Å²) in [4.78, 5) is 19.6. The van der Waals surface area contributed by atoms with Gasteiger partial charge in [0.05, 0.1) is 30.5 Å². The number of anilines is 1. The van der Waals surface area contributed by atoms with E-state index in [2.05, 4.69) is 66.7 Å². The average Bonchev–Trinajstić information content (AvgIpc) is 3.58. The third-order valence-electron chi connectivity index (χ3n) is 8.55. The minimum atomic E-state index is -1.01. The summed E-state index contributed by atoms with van der Waals surface area (Å²) in [6.07, 6.45) is 4.90. The van der Waals surface area contributed by atoms with Crippen LogP contribution in [0, 0.1) is 12.3 Å². The number of ether oxygens (including phenoxy) is 1. The van der Waals surface area contributed by atoms with E-state index >= 15 is 0 Å². The summed E-state index contributed by atoms with van der Waals surface area (Å²) in [5.41, 5.74) is 3.09. The molecule has 3 saturated heterocycles. The third-order valence-corrected chi connectivity index (χ3v) is 8.55. The molecule has 5 heterocycles. The number of pyridine rings is 1. The van der Waals surface area contributed by atoms with Crippen molar-refractivity contribution in [3.63, 3.8) is 0 Å². The quantitative estimate of drug-likeness (QED) is 0.513. The number of hydrogen-bond donors (Lipinski definition) is 2. The highest BCUT2D eigenvalue weighted by Crippen LogP contribution is 2.62. The maximum Gasteiger partial charge on any atom is 0.222 e. The van der Waals surface area contributed by atoms with Crippen molar-refractivity contribution < 1.29 is 14.6 Å². The Kier molecular flexibility index (Phi) is 5.44. The predicted octanol–water partition coefficient (Wildman–Crippen LogP) is 3.49. The minimum absolute atomic E-state index is 0.0790. The van der Waals surface area contributed by atoms with E-state index in [4.69, 9.17) is 14.8 Å². The minimum Gasteiger partial charge on any atom is -0.390 e. The van der Waals surface area contributed by atoms with Crippen LogP contribution in [0.1, 0.15) is 63.4 Å². The van der Waals surface area contributed by atoms with E-state index in [1.165, 1.54) is 11.3 Å². The molecule has 3 aliphatic heterocycles. The Morgan fingerprint density at radius 1 is 1.24 bits per heavy atom. The Hall–Kier alpha value is -2.97. The van der Waals surface area contributed by atoms with Crippen LogP contribution in [0.3, 0.4) is 0 Å². The molecule has 7 rings (SSSR count). The van der Waals surface area contributed by atoms with Gasteiger partial charge in [-0.1, -0.05) is 37.3 Å². The Bertz CT molecular complexity index is 1340. The van der Waals surface area contributed by atoms with Crippen LogP contribution in [0.2, 0.25) is 0 Å². The first-order valence-electron chi connectivity index (χ1n) is 13.3. The molecule has 1 aromatic carbocycles. The number of aryl methyl sites for hydroxylation is 1. The van der Waals surface area contributed by atoms with Gasteiger partial charge in [0, 0.05) is 30.5 Å². The largest absolute Gasteiger partial charge is 0.390 e. The number of fused-ring (bicyclic) bond motifs is 2. The third kappa shape index (κ3) is 4.30. The van der Waals surface area contributed by atoms with Crippen LogP contribution in [0.25, 0.3) is 5.65 Å². The normalized spacial score (nSPS) is 29.1. The van der Waals surface area contributed by atoms with Gasteiger partial charge < -0.3 is 20.1 Å². The number of aliphatic hydroxyl groups is 1. The number of nitrogens with one attached hydrogen (secondary N) is 1. The van der Waals surface area contributed by atoms with Gasteiger partial charge in [-0.15, -0.1) is 5.10 Å². The summed E-state index contributed by atoms with van der Waals surface area (Å²) < 4.78 is 8.18. The molecule has 1 saturated carbocycles. The van der Waals surface area contributed by atoms with Crippen LogP contribution in [0.5, 0.6) is 0 Å². The lowest BCUT2D eigenvalue weighted by atomic mass is 9.62. The van der Waals surface area contributed by atoms with E-state index in [0.717, 1.165) is 49.4 Å². The number of carbonyl (C=O) groups excluding carboxylic acids is 1. The zero-order valence-electron chi connectivity index (χ0n) is 22.3. The van der Waals surface area contributed by atoms with E-state index in [-0.39, 0.29) is 23.2 Å². The van der Waals surface area contributed by atoms with Crippen molar-refractivity contribution in [1.29, 1.82) is 0 Å². The number of aromatic nitrogens is 3. The number of rotatable bonds is 7. The molecular formula is C29H37N5O3. The smallest absolute Gasteiger partial charge is 0.222 e. The first-order valence-corrected chi connectivity index (χ1v) is 13.3. The van der Waals surface area contributed by atoms with E-state index < -0.39 is 11.2 Å². The molecule has 0 radical (unpaired) electrons. The van der Waals surface area contributed by atoms with Gasteiger partial charge in [-0.2, -0.15) is 0 Å². The van der Waals surface area contributed by atoms with Crippen LogP contribution < -0.4 is 10.2 Å². The van der Waals surface area contributed by atoms with Crippen molar-refractivity contribution in [3.8, 4) is 0 Å². The second-order valence-electron chi connectivity index (χ2n) is 12.6. The van der Waals surface area contributed by atoms with Gasteiger partial charge in [-0.25, -0.2) is 9.50 Å². The van der Waals surface area contributed by atoms with Crippen LogP contribution in [-0.4, -0.2) is 57.5 Å². The summed E-state index contributed by atoms with van der Waals surface area (Å²) in [5.74, 6) is 0.602. The summed E-state index contributed by atoms with van der Waals surface area (Å²) in [7, 11) is 0. The Balaban J connectivity index is 1.17. The van der Waals surface area contributed by atoms with Gasteiger partial charge in [-0.05, 0) is 57.2 Å². The fraction of sp³-hybridized carbons (Fsp3) is 0.552. The highest BCUT2D eigenvalue weighted by molar-refractivity contribution is 5.77. The van der Waals surface area contributed by atoms with Crippen molar-refractivity contribution in [2.45, 2.75) is 70.0 Å². The Morgan fingerprint density at radius 2 is 2.00 bits per heavy atom. The average molecular weight is 504 g/mol. The summed E-state index contributed by atoms with van der Waals surface area (Å²) >= 11 is 0. The highest BCUT2D eigenvalue weighted by Gasteiger charge is 2.65. The molecule has 1 atom stereocenters. The molecule has 2 bridgehead atoms. The first-order chi connectivity index (χ1) is 17.5. The van der Waals surface area contributed by atoms with Crippen molar-refractivity contribution >= 4 is 17.2 Å². The molecular weight excluding hydrogens is 466 g/mol. The van der Waals surface area contributed by atoms with Crippen molar-refractivity contribution in [2.24, 2.45) is 5.41 Å². The Labute approximate surface area is 218 Å². The molecule has 0 spiro atoms. The van der Waals surface area contributed by atoms with Gasteiger partial charge in [0.1, 0.15) is 5.60 Å². The molecule has 196 valence electrons. The summed E-state index contributed by atoms with van der Waals surface area (Å²) in [5, 5.41) is 17.8. The van der Waals surface area contributed by atoms with Gasteiger partial charge in [-0.3, -0.25) is 4.79 Å². The van der Waals surface area contributed by atoms with Crippen molar-refractivity contribution in [1.82, 2.24) is 19.9 Å². The van der Waals surface area contributed by atoms with E-state index in [1.807, 2.05) is 4.52 Å². The van der Waals surface area contributed by atoms with Gasteiger partial charge in [0.15, 0.2) is 11.5 Å². The van der Waals surface area contributed by atoms with Crippen molar-refractivity contribution in [2.75, 3.05) is 31.1 Å². The standard InChI is InChI=1S/C29H37N5O3/c1-20-12-22(33-11-10-27(4,18-33)21-8-6-5-7-9-21)14-34-24(20)31-25(32-34)29-15-28(16-29,19-37-29)17-30-23(35)13-26(2,3)36/h5-9,12,14,36H,10-11,13,15-19H2,1-4H3,(H,30,35)/t27-,28?,29?/m0/s1. The molecule has 4 fully saturated rings. The fourth-order valence-corrected chi connectivity index (χ4v) is 6.55. The lowest BCUT2D eigenvalue weighted by Crippen LogP contribution is -2.49. The van der Waals surface area contributed by atoms with E-state index in [1.54, 1.807) is 13.8 Å². The highest BCUT2D eigenvalue weighted by atomic mass is 16.5. The second-order valence-corrected chi connectivity index (χ2v) is 12.6. The maximum atomic E-state index is 12.2. The topological polar surface area (TPSA) is 92.0 Å². The SMILES string of the molecule is Cc1cc(N2CC[C@](C)(c3ccccc3)C2)cn2nc(C34CC(CNC(=O)CC(C)(C)O)(CO3)C4)nc12. The maximum absolute atomic E-state index is 12.2. The zero-order chi connectivity index (χ0) is 26.1. The molecule has 37 heavy (non-hydrogen) atoms. The molecule has 8 nitrogen and oxygen atoms in total.